The van der Waals surface area contributed by atoms with Crippen molar-refractivity contribution in [1.82, 2.24) is 0 Å². The van der Waals surface area contributed by atoms with Gasteiger partial charge < -0.3 is 4.90 Å². The molecule has 0 radical (unpaired) electrons. The minimum absolute atomic E-state index is 0.155. The van der Waals surface area contributed by atoms with Crippen molar-refractivity contribution in [2.24, 2.45) is 5.92 Å². The maximum atomic E-state index is 2.55. The van der Waals surface area contributed by atoms with Gasteiger partial charge in [0.25, 0.3) is 0 Å². The molecule has 0 amide bonds. The second-order valence-electron chi connectivity index (χ2n) is 17.9. The summed E-state index contributed by atoms with van der Waals surface area (Å²) in [6.45, 7) is 4.76. The number of para-hydroxylation sites is 1. The van der Waals surface area contributed by atoms with Gasteiger partial charge >= 0.3 is 0 Å². The van der Waals surface area contributed by atoms with Crippen LogP contribution in [-0.4, -0.2) is 0 Å². The summed E-state index contributed by atoms with van der Waals surface area (Å²) >= 11 is 0. The number of hydrogen-bond donors (Lipinski definition) is 0. The van der Waals surface area contributed by atoms with E-state index < -0.39 is 0 Å². The summed E-state index contributed by atoms with van der Waals surface area (Å²) in [5.41, 5.74) is 19.8. The number of anilines is 3. The molecule has 0 fully saturated rings. The molecule has 1 nitrogen and oxygen atoms in total. The van der Waals surface area contributed by atoms with Crippen LogP contribution in [0.4, 0.5) is 17.1 Å². The van der Waals surface area contributed by atoms with Crippen LogP contribution in [0.25, 0.3) is 55.3 Å². The maximum Gasteiger partial charge on any atom is 0.0546 e. The summed E-state index contributed by atoms with van der Waals surface area (Å²) in [5.74, 6) is 0.249. The minimum Gasteiger partial charge on any atom is -0.309 e. The molecule has 0 bridgehead atoms. The molecule has 2 atom stereocenters. The molecule has 0 N–H and O–H groups in total. The van der Waals surface area contributed by atoms with Gasteiger partial charge in [0.2, 0.25) is 0 Å². The van der Waals surface area contributed by atoms with Crippen molar-refractivity contribution >= 4 is 27.8 Å². The minimum atomic E-state index is -0.363. The summed E-state index contributed by atoms with van der Waals surface area (Å²) in [6, 6.07) is 77.3. The monoisotopic (exact) mass is 805 g/mol. The van der Waals surface area contributed by atoms with E-state index in [2.05, 4.69) is 249 Å². The third-order valence-corrected chi connectivity index (χ3v) is 14.3. The van der Waals surface area contributed by atoms with E-state index in [4.69, 9.17) is 0 Å². The van der Waals surface area contributed by atoms with Gasteiger partial charge in [0, 0.05) is 22.2 Å². The summed E-state index contributed by atoms with van der Waals surface area (Å²) < 4.78 is 0. The van der Waals surface area contributed by atoms with Crippen LogP contribution in [0.15, 0.2) is 231 Å². The lowest BCUT2D eigenvalue weighted by atomic mass is 9.62. The van der Waals surface area contributed by atoms with E-state index >= 15 is 0 Å². The smallest absolute Gasteiger partial charge is 0.0546 e. The first-order chi connectivity index (χ1) is 31.0. The Morgan fingerprint density at radius 2 is 1.08 bits per heavy atom. The molecular formula is C62H47N. The van der Waals surface area contributed by atoms with Crippen LogP contribution in [0, 0.1) is 5.92 Å². The Morgan fingerprint density at radius 3 is 1.87 bits per heavy atom. The van der Waals surface area contributed by atoms with Crippen molar-refractivity contribution in [3.05, 3.63) is 258 Å². The summed E-state index contributed by atoms with van der Waals surface area (Å²) in [7, 11) is 0. The number of benzene rings is 9. The number of hydrogen-bond acceptors (Lipinski definition) is 1. The lowest BCUT2D eigenvalue weighted by Crippen LogP contribution is -2.35. The molecule has 0 spiro atoms. The Balaban J connectivity index is 1.13. The highest BCUT2D eigenvalue weighted by molar-refractivity contribution is 6.06. The molecule has 0 aliphatic heterocycles. The largest absolute Gasteiger partial charge is 0.309 e. The highest BCUT2D eigenvalue weighted by atomic mass is 15.1. The Hall–Kier alpha value is -7.48. The topological polar surface area (TPSA) is 3.24 Å². The van der Waals surface area contributed by atoms with Crippen molar-refractivity contribution in [2.75, 3.05) is 4.90 Å². The van der Waals surface area contributed by atoms with Gasteiger partial charge in [-0.25, -0.2) is 0 Å². The number of rotatable bonds is 7. The Bertz CT molecular complexity index is 3300. The van der Waals surface area contributed by atoms with Crippen molar-refractivity contribution in [3.63, 3.8) is 0 Å². The van der Waals surface area contributed by atoms with E-state index in [1.807, 2.05) is 0 Å². The van der Waals surface area contributed by atoms with E-state index in [0.717, 1.165) is 23.5 Å². The van der Waals surface area contributed by atoms with Crippen LogP contribution in [0.1, 0.15) is 48.1 Å². The standard InChI is InChI=1S/C62H47N/c1-61(2)54-31-17-14-29-50(54)52-38-36-47(41-56(52)61)63(59-39-35-42-20-12-13-28-49(42)60(59)43-21-6-3-7-22-43)58-33-19-16-27-48(58)44-34-37-53-51-30-15-18-32-55(51)62(57(53)40-44,45-23-8-4-9-24-45)46-25-10-5-11-26-46/h3-25,27-41,46H,26H2,1-2H3. The molecule has 0 saturated heterocycles. The number of nitrogens with zero attached hydrogens (tertiary/aromatic N) is 1. The third kappa shape index (κ3) is 5.62. The van der Waals surface area contributed by atoms with Gasteiger partial charge in [-0.3, -0.25) is 0 Å². The van der Waals surface area contributed by atoms with Crippen LogP contribution in [-0.2, 0) is 10.8 Å². The fraction of sp³-hybridized carbons (Fsp3) is 0.0968. The average Bonchev–Trinajstić information content (AvgIpc) is 3.77. The fourth-order valence-corrected chi connectivity index (χ4v) is 11.5. The molecule has 3 aliphatic rings. The van der Waals surface area contributed by atoms with E-state index in [0.29, 0.717) is 0 Å². The Morgan fingerprint density at radius 1 is 0.444 bits per heavy atom. The second-order valence-corrected chi connectivity index (χ2v) is 17.9. The summed E-state index contributed by atoms with van der Waals surface area (Å²) in [6.07, 6.45) is 10.2. The molecule has 63 heavy (non-hydrogen) atoms. The van der Waals surface area contributed by atoms with E-state index in [1.54, 1.807) is 0 Å². The lowest BCUT2D eigenvalue weighted by Gasteiger charge is -2.40. The number of fused-ring (bicyclic) bond motifs is 7. The molecule has 9 aromatic carbocycles. The first kappa shape index (κ1) is 37.3. The second kappa shape index (κ2) is 14.6. The Kier molecular flexibility index (Phi) is 8.63. The van der Waals surface area contributed by atoms with Gasteiger partial charge in [-0.1, -0.05) is 214 Å². The van der Waals surface area contributed by atoms with Crippen LogP contribution < -0.4 is 4.90 Å². The molecule has 0 heterocycles. The van der Waals surface area contributed by atoms with Crippen molar-refractivity contribution in [1.29, 1.82) is 0 Å². The van der Waals surface area contributed by atoms with Gasteiger partial charge in [0.1, 0.15) is 0 Å². The highest BCUT2D eigenvalue weighted by Crippen LogP contribution is 2.59. The van der Waals surface area contributed by atoms with Crippen LogP contribution in [0.5, 0.6) is 0 Å². The number of allylic oxidation sites excluding steroid dienone is 4. The zero-order valence-electron chi connectivity index (χ0n) is 35.7. The summed E-state index contributed by atoms with van der Waals surface area (Å²) in [5, 5.41) is 2.45. The van der Waals surface area contributed by atoms with Crippen LogP contribution in [0.2, 0.25) is 0 Å². The van der Waals surface area contributed by atoms with E-state index in [1.165, 1.54) is 83.1 Å². The molecular weight excluding hydrogens is 759 g/mol. The lowest BCUT2D eigenvalue weighted by molar-refractivity contribution is 0.457. The van der Waals surface area contributed by atoms with Gasteiger partial charge in [0.15, 0.2) is 0 Å². The van der Waals surface area contributed by atoms with Crippen LogP contribution >= 0.6 is 0 Å². The van der Waals surface area contributed by atoms with Gasteiger partial charge in [-0.05, 0) is 115 Å². The molecule has 0 saturated carbocycles. The van der Waals surface area contributed by atoms with Crippen molar-refractivity contribution in [3.8, 4) is 44.5 Å². The molecule has 2 unspecified atom stereocenters. The van der Waals surface area contributed by atoms with Gasteiger partial charge in [0.05, 0.1) is 16.8 Å². The third-order valence-electron chi connectivity index (χ3n) is 14.3. The zero-order chi connectivity index (χ0) is 42.1. The molecule has 12 rings (SSSR count). The fourth-order valence-electron chi connectivity index (χ4n) is 11.5. The zero-order valence-corrected chi connectivity index (χ0v) is 35.7. The van der Waals surface area contributed by atoms with Gasteiger partial charge in [-0.15, -0.1) is 0 Å². The van der Waals surface area contributed by atoms with Gasteiger partial charge in [-0.2, -0.15) is 0 Å². The molecule has 300 valence electrons. The van der Waals surface area contributed by atoms with E-state index in [-0.39, 0.29) is 16.7 Å². The predicted octanol–water partition coefficient (Wildman–Crippen LogP) is 16.4. The molecule has 3 aliphatic carbocycles. The molecule has 1 heteroatoms. The first-order valence-electron chi connectivity index (χ1n) is 22.4. The SMILES string of the molecule is CC1(C)c2ccccc2-c2ccc(N(c3ccccc3-c3ccc4c(c3)C(c3ccccc3)(C3C=CC=CC3)c3ccccc3-4)c3ccc4ccccc4c3-c3ccccc3)cc21. The van der Waals surface area contributed by atoms with E-state index in [9.17, 15) is 0 Å². The molecule has 9 aromatic rings. The first-order valence-corrected chi connectivity index (χ1v) is 22.4. The Labute approximate surface area is 371 Å². The van der Waals surface area contributed by atoms with Crippen molar-refractivity contribution in [2.45, 2.75) is 31.1 Å². The van der Waals surface area contributed by atoms with Crippen molar-refractivity contribution < 1.29 is 0 Å². The summed E-state index contributed by atoms with van der Waals surface area (Å²) in [4.78, 5) is 2.55. The quantitative estimate of drug-likeness (QED) is 0.155. The maximum absolute atomic E-state index is 2.55. The average molecular weight is 806 g/mol. The predicted molar refractivity (Wildman–Crippen MR) is 265 cm³/mol. The normalized spacial score (nSPS) is 17.5. The van der Waals surface area contributed by atoms with Crippen LogP contribution in [0.3, 0.4) is 0 Å². The molecule has 0 aromatic heterocycles. The highest BCUT2D eigenvalue weighted by Gasteiger charge is 2.49.